The van der Waals surface area contributed by atoms with Crippen LogP contribution in [0.25, 0.3) is 0 Å². The topological polar surface area (TPSA) is 50.8 Å². The minimum absolute atomic E-state index is 0.123. The summed E-state index contributed by atoms with van der Waals surface area (Å²) in [7, 11) is 3.32. The number of carbonyl (C=O) groups excluding carboxylic acids is 1. The predicted octanol–water partition coefficient (Wildman–Crippen LogP) is 3.26. The molecule has 1 saturated carbocycles. The van der Waals surface area contributed by atoms with E-state index < -0.39 is 0 Å². The van der Waals surface area contributed by atoms with Crippen molar-refractivity contribution in [2.75, 3.05) is 20.8 Å². The van der Waals surface area contributed by atoms with E-state index in [-0.39, 0.29) is 29.4 Å². The lowest BCUT2D eigenvalue weighted by Gasteiger charge is -2.44. The van der Waals surface area contributed by atoms with Gasteiger partial charge in [-0.1, -0.05) is 13.0 Å². The summed E-state index contributed by atoms with van der Waals surface area (Å²) in [5.41, 5.74) is 0.481. The quantitative estimate of drug-likeness (QED) is 0.791. The van der Waals surface area contributed by atoms with Gasteiger partial charge in [0.05, 0.1) is 12.7 Å². The molecule has 3 rings (SSSR count). The zero-order valence-electron chi connectivity index (χ0n) is 16.6. The van der Waals surface area contributed by atoms with E-state index >= 15 is 0 Å². The van der Waals surface area contributed by atoms with Crippen LogP contribution in [0.5, 0.6) is 5.75 Å². The fourth-order valence-electron chi connectivity index (χ4n) is 4.64. The minimum Gasteiger partial charge on any atom is -0.497 e. The summed E-state index contributed by atoms with van der Waals surface area (Å²) >= 11 is 0. The molecular weight excluding hydrogens is 347 g/mol. The maximum atomic E-state index is 14.4. The maximum absolute atomic E-state index is 14.4. The molecule has 1 aromatic carbocycles. The van der Waals surface area contributed by atoms with Gasteiger partial charge in [-0.25, -0.2) is 4.39 Å². The number of ether oxygens (including phenoxy) is 2. The molecule has 6 heteroatoms. The van der Waals surface area contributed by atoms with Gasteiger partial charge in [-0.15, -0.1) is 0 Å². The summed E-state index contributed by atoms with van der Waals surface area (Å²) in [6.45, 7) is 3.43. The number of halogens is 1. The molecule has 0 radical (unpaired) electrons. The van der Waals surface area contributed by atoms with Crippen LogP contribution in [0.2, 0.25) is 0 Å². The molecule has 1 aliphatic heterocycles. The standard InChI is InChI=1S/C21H31FN2O3/c1-4-5-20(25)23-16-8-9-21(27-3)10-11-24(19(21)12-16)14-15-6-7-17(26-2)13-18(15)22/h6-7,13,16,19H,4-5,8-12,14H2,1-3H3,(H,23,25)/t16-,19+,21-/m1/s1. The fraction of sp³-hybridized carbons (Fsp3) is 0.667. The monoisotopic (exact) mass is 378 g/mol. The van der Waals surface area contributed by atoms with Crippen LogP contribution >= 0.6 is 0 Å². The second-order valence-electron chi connectivity index (χ2n) is 7.75. The highest BCUT2D eigenvalue weighted by Crippen LogP contribution is 2.43. The maximum Gasteiger partial charge on any atom is 0.220 e. The largest absolute Gasteiger partial charge is 0.497 e. The molecule has 0 bridgehead atoms. The van der Waals surface area contributed by atoms with Gasteiger partial charge in [0.2, 0.25) is 5.91 Å². The zero-order valence-corrected chi connectivity index (χ0v) is 16.6. The summed E-state index contributed by atoms with van der Waals surface area (Å²) in [5, 5.41) is 3.17. The molecule has 1 aromatic rings. The van der Waals surface area contributed by atoms with Crippen molar-refractivity contribution < 1.29 is 18.7 Å². The number of benzene rings is 1. The van der Waals surface area contributed by atoms with Gasteiger partial charge in [-0.3, -0.25) is 9.69 Å². The summed E-state index contributed by atoms with van der Waals surface area (Å²) < 4.78 is 25.5. The molecular formula is C21H31FN2O3. The summed E-state index contributed by atoms with van der Waals surface area (Å²) in [6.07, 6.45) is 5.07. The lowest BCUT2D eigenvalue weighted by atomic mass is 9.78. The number of carbonyl (C=O) groups is 1. The number of amides is 1. The molecule has 1 aliphatic carbocycles. The second-order valence-corrected chi connectivity index (χ2v) is 7.75. The van der Waals surface area contributed by atoms with E-state index in [1.165, 1.54) is 13.2 Å². The van der Waals surface area contributed by atoms with Gasteiger partial charge in [0, 0.05) is 50.3 Å². The van der Waals surface area contributed by atoms with E-state index in [4.69, 9.17) is 9.47 Å². The fourth-order valence-corrected chi connectivity index (χ4v) is 4.64. The smallest absolute Gasteiger partial charge is 0.220 e. The van der Waals surface area contributed by atoms with Crippen LogP contribution < -0.4 is 10.1 Å². The Morgan fingerprint density at radius 2 is 2.19 bits per heavy atom. The molecule has 27 heavy (non-hydrogen) atoms. The summed E-state index contributed by atoms with van der Waals surface area (Å²) in [5.74, 6) is 0.409. The number of hydrogen-bond acceptors (Lipinski definition) is 4. The first kappa shape index (κ1) is 20.1. The van der Waals surface area contributed by atoms with Crippen molar-refractivity contribution in [2.24, 2.45) is 0 Å². The zero-order chi connectivity index (χ0) is 19.4. The molecule has 0 aromatic heterocycles. The van der Waals surface area contributed by atoms with Gasteiger partial charge in [0.1, 0.15) is 11.6 Å². The predicted molar refractivity (Wildman–Crippen MR) is 102 cm³/mol. The molecule has 0 spiro atoms. The molecule has 5 nitrogen and oxygen atoms in total. The van der Waals surface area contributed by atoms with Gasteiger partial charge in [-0.05, 0) is 38.2 Å². The van der Waals surface area contributed by atoms with Gasteiger partial charge in [0.25, 0.3) is 0 Å². The Balaban J connectivity index is 1.72. The number of methoxy groups -OCH3 is 2. The van der Waals surface area contributed by atoms with E-state index in [9.17, 15) is 9.18 Å². The average molecular weight is 378 g/mol. The van der Waals surface area contributed by atoms with Crippen LogP contribution in [0.3, 0.4) is 0 Å². The van der Waals surface area contributed by atoms with Crippen molar-refractivity contribution in [3.63, 3.8) is 0 Å². The van der Waals surface area contributed by atoms with Crippen LogP contribution in [0.1, 0.15) is 51.0 Å². The van der Waals surface area contributed by atoms with Crippen molar-refractivity contribution in [3.05, 3.63) is 29.6 Å². The van der Waals surface area contributed by atoms with Crippen molar-refractivity contribution in [2.45, 2.75) is 69.7 Å². The van der Waals surface area contributed by atoms with Crippen LogP contribution in [-0.4, -0.2) is 49.3 Å². The number of likely N-dealkylation sites (tertiary alicyclic amines) is 1. The van der Waals surface area contributed by atoms with E-state index in [0.29, 0.717) is 24.3 Å². The molecule has 3 atom stereocenters. The highest BCUT2D eigenvalue weighted by Gasteiger charge is 2.51. The van der Waals surface area contributed by atoms with E-state index in [1.807, 2.05) is 6.92 Å². The second kappa shape index (κ2) is 8.57. The van der Waals surface area contributed by atoms with Gasteiger partial charge >= 0.3 is 0 Å². The SMILES string of the molecule is CCCC(=O)N[C@@H]1CC[C@@]2(OC)CCN(Cc3ccc(OC)cc3F)[C@H]2C1. The first-order chi connectivity index (χ1) is 13.0. The first-order valence-electron chi connectivity index (χ1n) is 9.92. The van der Waals surface area contributed by atoms with Crippen LogP contribution in [0.15, 0.2) is 18.2 Å². The van der Waals surface area contributed by atoms with E-state index in [0.717, 1.165) is 38.6 Å². The Hall–Kier alpha value is -1.66. The molecule has 150 valence electrons. The number of hydrogen-bond donors (Lipinski definition) is 1. The number of nitrogens with zero attached hydrogens (tertiary/aromatic N) is 1. The minimum atomic E-state index is -0.243. The van der Waals surface area contributed by atoms with Crippen molar-refractivity contribution >= 4 is 5.91 Å². The Kier molecular flexibility index (Phi) is 6.37. The van der Waals surface area contributed by atoms with Gasteiger partial charge < -0.3 is 14.8 Å². The highest BCUT2D eigenvalue weighted by atomic mass is 19.1. The average Bonchev–Trinajstić information content (AvgIpc) is 3.02. The van der Waals surface area contributed by atoms with Gasteiger partial charge in [-0.2, -0.15) is 0 Å². The van der Waals surface area contributed by atoms with Crippen LogP contribution in [0, 0.1) is 5.82 Å². The Morgan fingerprint density at radius 3 is 2.85 bits per heavy atom. The highest BCUT2D eigenvalue weighted by molar-refractivity contribution is 5.76. The number of fused-ring (bicyclic) bond motifs is 1. The molecule has 2 aliphatic rings. The molecule has 1 N–H and O–H groups in total. The third-order valence-corrected chi connectivity index (χ3v) is 6.18. The Labute approximate surface area is 161 Å². The third-order valence-electron chi connectivity index (χ3n) is 6.18. The van der Waals surface area contributed by atoms with E-state index in [1.54, 1.807) is 19.2 Å². The van der Waals surface area contributed by atoms with Gasteiger partial charge in [0.15, 0.2) is 0 Å². The lowest BCUT2D eigenvalue weighted by Crippen LogP contribution is -2.54. The summed E-state index contributed by atoms with van der Waals surface area (Å²) in [6, 6.07) is 5.38. The van der Waals surface area contributed by atoms with Crippen molar-refractivity contribution in [1.82, 2.24) is 10.2 Å². The molecule has 0 unspecified atom stereocenters. The number of rotatable bonds is 7. The van der Waals surface area contributed by atoms with Crippen molar-refractivity contribution in [3.8, 4) is 5.75 Å². The lowest BCUT2D eigenvalue weighted by molar-refractivity contribution is -0.123. The third kappa shape index (κ3) is 4.27. The Bertz CT molecular complexity index is 669. The van der Waals surface area contributed by atoms with Crippen LogP contribution in [-0.2, 0) is 16.1 Å². The molecule has 1 saturated heterocycles. The first-order valence-corrected chi connectivity index (χ1v) is 9.92. The van der Waals surface area contributed by atoms with Crippen molar-refractivity contribution in [1.29, 1.82) is 0 Å². The molecule has 1 heterocycles. The molecule has 1 amide bonds. The normalized spacial score (nSPS) is 28.0. The molecule has 2 fully saturated rings. The summed E-state index contributed by atoms with van der Waals surface area (Å²) in [4.78, 5) is 14.3. The van der Waals surface area contributed by atoms with Crippen LogP contribution in [0.4, 0.5) is 4.39 Å². The number of nitrogens with one attached hydrogen (secondary N) is 1. The Morgan fingerprint density at radius 1 is 1.37 bits per heavy atom. The van der Waals surface area contributed by atoms with E-state index in [2.05, 4.69) is 10.2 Å².